The molecule has 0 bridgehead atoms. The van der Waals surface area contributed by atoms with Crippen LogP contribution in [0.4, 0.5) is 0 Å². The van der Waals surface area contributed by atoms with Crippen molar-refractivity contribution in [2.45, 2.75) is 40.5 Å². The molecule has 0 saturated carbocycles. The van der Waals surface area contributed by atoms with Gasteiger partial charge < -0.3 is 0 Å². The van der Waals surface area contributed by atoms with E-state index in [1.54, 1.807) is 4.52 Å². The number of nitrogens with zero attached hydrogens (tertiary/aromatic N) is 2. The van der Waals surface area contributed by atoms with Crippen LogP contribution < -0.4 is 5.56 Å². The minimum Gasteiger partial charge on any atom is -0.276 e. The van der Waals surface area contributed by atoms with E-state index in [0.29, 0.717) is 5.92 Å². The first-order valence-corrected chi connectivity index (χ1v) is 6.13. The van der Waals surface area contributed by atoms with E-state index in [9.17, 15) is 4.79 Å². The van der Waals surface area contributed by atoms with Gasteiger partial charge in [-0.2, -0.15) is 4.52 Å². The van der Waals surface area contributed by atoms with E-state index in [4.69, 9.17) is 0 Å². The quantitative estimate of drug-likeness (QED) is 0.882. The van der Waals surface area contributed by atoms with E-state index < -0.39 is 0 Å². The van der Waals surface area contributed by atoms with E-state index in [1.807, 2.05) is 19.9 Å². The molecule has 2 heterocycles. The van der Waals surface area contributed by atoms with Gasteiger partial charge in [-0.15, -0.1) is 0 Å². The predicted molar refractivity (Wildman–Crippen MR) is 68.5 cm³/mol. The van der Waals surface area contributed by atoms with Crippen molar-refractivity contribution in [2.24, 2.45) is 5.92 Å². The summed E-state index contributed by atoms with van der Waals surface area (Å²) >= 11 is 0. The van der Waals surface area contributed by atoms with Crippen molar-refractivity contribution < 1.29 is 0 Å². The van der Waals surface area contributed by atoms with Gasteiger partial charge in [0.1, 0.15) is 5.82 Å². The lowest BCUT2D eigenvalue weighted by atomic mass is 10.1. The van der Waals surface area contributed by atoms with Gasteiger partial charge in [0.25, 0.3) is 5.56 Å². The normalized spacial score (nSPS) is 11.6. The van der Waals surface area contributed by atoms with E-state index in [-0.39, 0.29) is 5.56 Å². The number of pyridine rings is 1. The maximum Gasteiger partial charge on any atom is 0.274 e. The second-order valence-electron chi connectivity index (χ2n) is 4.93. The number of aromatic amines is 1. The third kappa shape index (κ3) is 2.12. The third-order valence-corrected chi connectivity index (χ3v) is 2.96. The lowest BCUT2D eigenvalue weighted by Gasteiger charge is -2.01. The maximum absolute atomic E-state index is 12.2. The highest BCUT2D eigenvalue weighted by molar-refractivity contribution is 5.43. The van der Waals surface area contributed by atoms with Gasteiger partial charge in [-0.25, -0.2) is 4.98 Å². The summed E-state index contributed by atoms with van der Waals surface area (Å²) in [6, 6.07) is 1.97. The Morgan fingerprint density at radius 3 is 2.76 bits per heavy atom. The summed E-state index contributed by atoms with van der Waals surface area (Å²) in [4.78, 5) is 16.6. The van der Waals surface area contributed by atoms with Gasteiger partial charge in [-0.3, -0.25) is 9.89 Å². The molecule has 0 aliphatic heterocycles. The summed E-state index contributed by atoms with van der Waals surface area (Å²) in [5.41, 5.74) is 2.65. The Bertz CT molecular complexity index is 592. The molecule has 0 radical (unpaired) electrons. The Morgan fingerprint density at radius 2 is 2.18 bits per heavy atom. The van der Waals surface area contributed by atoms with Gasteiger partial charge in [0.2, 0.25) is 0 Å². The first-order valence-electron chi connectivity index (χ1n) is 6.13. The van der Waals surface area contributed by atoms with Gasteiger partial charge in [0.05, 0.1) is 0 Å². The van der Waals surface area contributed by atoms with E-state index in [2.05, 4.69) is 23.9 Å². The summed E-state index contributed by atoms with van der Waals surface area (Å²) in [7, 11) is 0. The van der Waals surface area contributed by atoms with Crippen molar-refractivity contribution >= 4 is 5.65 Å². The zero-order chi connectivity index (χ0) is 12.6. The lowest BCUT2D eigenvalue weighted by molar-refractivity contribution is 0.619. The van der Waals surface area contributed by atoms with Gasteiger partial charge in [0.15, 0.2) is 5.65 Å². The standard InChI is InChI=1S/C13H19N3O/c1-5-10-9(4)7-12-14-11(6-8(2)3)15-16(12)13(10)17/h7-8H,5-6H2,1-4H3,(H,14,15). The molecule has 0 aromatic carbocycles. The molecule has 17 heavy (non-hydrogen) atoms. The molecule has 2 rings (SSSR count). The van der Waals surface area contributed by atoms with Gasteiger partial charge in [-0.05, 0) is 30.9 Å². The van der Waals surface area contributed by atoms with Crippen LogP contribution in [0.5, 0.6) is 0 Å². The smallest absolute Gasteiger partial charge is 0.274 e. The number of fused-ring (bicyclic) bond motifs is 1. The SMILES string of the molecule is CCc1c(C)cc2nc(CC(C)C)[nH]n2c1=O. The van der Waals surface area contributed by atoms with Crippen molar-refractivity contribution in [3.63, 3.8) is 0 Å². The highest BCUT2D eigenvalue weighted by Crippen LogP contribution is 2.09. The molecule has 0 aliphatic carbocycles. The van der Waals surface area contributed by atoms with Gasteiger partial charge in [-0.1, -0.05) is 20.8 Å². The zero-order valence-corrected chi connectivity index (χ0v) is 10.9. The molecule has 0 unspecified atom stereocenters. The third-order valence-electron chi connectivity index (χ3n) is 2.96. The van der Waals surface area contributed by atoms with Crippen LogP contribution in [0.1, 0.15) is 37.7 Å². The van der Waals surface area contributed by atoms with Crippen LogP contribution in [0, 0.1) is 12.8 Å². The highest BCUT2D eigenvalue weighted by Gasteiger charge is 2.10. The Balaban J connectivity index is 2.61. The monoisotopic (exact) mass is 233 g/mol. The molecule has 4 heteroatoms. The van der Waals surface area contributed by atoms with Crippen LogP contribution in [0.2, 0.25) is 0 Å². The molecule has 2 aromatic heterocycles. The Morgan fingerprint density at radius 1 is 1.47 bits per heavy atom. The molecule has 1 N–H and O–H groups in total. The van der Waals surface area contributed by atoms with Crippen molar-refractivity contribution in [2.75, 3.05) is 0 Å². The fourth-order valence-corrected chi connectivity index (χ4v) is 2.14. The average molecular weight is 233 g/mol. The molecular formula is C13H19N3O. The molecule has 0 amide bonds. The summed E-state index contributed by atoms with van der Waals surface area (Å²) in [6.45, 7) is 8.25. The van der Waals surface area contributed by atoms with Crippen LogP contribution in [0.3, 0.4) is 0 Å². The second kappa shape index (κ2) is 4.35. The summed E-state index contributed by atoms with van der Waals surface area (Å²) < 4.78 is 1.56. The van der Waals surface area contributed by atoms with Crippen LogP contribution in [0.25, 0.3) is 5.65 Å². The minimum absolute atomic E-state index is 0.0324. The summed E-state index contributed by atoms with van der Waals surface area (Å²) in [5, 5.41) is 3.09. The summed E-state index contributed by atoms with van der Waals surface area (Å²) in [5.74, 6) is 1.41. The lowest BCUT2D eigenvalue weighted by Crippen LogP contribution is -2.19. The largest absolute Gasteiger partial charge is 0.276 e. The molecule has 0 atom stereocenters. The van der Waals surface area contributed by atoms with Crippen molar-refractivity contribution in [3.05, 3.63) is 33.4 Å². The summed E-state index contributed by atoms with van der Waals surface area (Å²) in [6.07, 6.45) is 1.62. The molecule has 4 nitrogen and oxygen atoms in total. The van der Waals surface area contributed by atoms with Crippen LogP contribution >= 0.6 is 0 Å². The van der Waals surface area contributed by atoms with Crippen molar-refractivity contribution in [1.29, 1.82) is 0 Å². The van der Waals surface area contributed by atoms with Gasteiger partial charge in [0, 0.05) is 12.0 Å². The predicted octanol–water partition coefficient (Wildman–Crippen LogP) is 2.09. The number of hydrogen-bond acceptors (Lipinski definition) is 2. The van der Waals surface area contributed by atoms with Crippen LogP contribution in [0.15, 0.2) is 10.9 Å². The number of hydrogen-bond donors (Lipinski definition) is 1. The fraction of sp³-hybridized carbons (Fsp3) is 0.538. The number of aromatic nitrogens is 3. The molecule has 0 aliphatic rings. The molecule has 92 valence electrons. The minimum atomic E-state index is 0.0324. The van der Waals surface area contributed by atoms with E-state index in [0.717, 1.165) is 35.4 Å². The molecule has 0 saturated heterocycles. The topological polar surface area (TPSA) is 50.2 Å². The van der Waals surface area contributed by atoms with Crippen molar-refractivity contribution in [3.8, 4) is 0 Å². The van der Waals surface area contributed by atoms with Crippen molar-refractivity contribution in [1.82, 2.24) is 14.6 Å². The average Bonchev–Trinajstić information content (AvgIpc) is 2.60. The first-order chi connectivity index (χ1) is 8.02. The van der Waals surface area contributed by atoms with E-state index >= 15 is 0 Å². The Kier molecular flexibility index (Phi) is 3.05. The van der Waals surface area contributed by atoms with Crippen LogP contribution in [-0.4, -0.2) is 14.6 Å². The number of H-pyrrole nitrogens is 1. The van der Waals surface area contributed by atoms with Crippen LogP contribution in [-0.2, 0) is 12.8 Å². The number of nitrogens with one attached hydrogen (secondary N) is 1. The molecule has 0 fully saturated rings. The molecule has 2 aromatic rings. The number of aryl methyl sites for hydroxylation is 1. The molecule has 0 spiro atoms. The highest BCUT2D eigenvalue weighted by atomic mass is 16.1. The second-order valence-corrected chi connectivity index (χ2v) is 4.93. The number of rotatable bonds is 3. The fourth-order valence-electron chi connectivity index (χ4n) is 2.14. The maximum atomic E-state index is 12.2. The Labute approximate surface area is 101 Å². The van der Waals surface area contributed by atoms with Gasteiger partial charge >= 0.3 is 0 Å². The molecular weight excluding hydrogens is 214 g/mol. The Hall–Kier alpha value is -1.58. The zero-order valence-electron chi connectivity index (χ0n) is 10.9. The first kappa shape index (κ1) is 11.9. The van der Waals surface area contributed by atoms with E-state index in [1.165, 1.54) is 0 Å².